The van der Waals surface area contributed by atoms with Crippen LogP contribution in [0.3, 0.4) is 0 Å². The third-order valence-electron chi connectivity index (χ3n) is 6.11. The number of alkyl halides is 3. The number of piperidine rings is 1. The Balaban J connectivity index is 1.32. The largest absolute Gasteiger partial charge is 0.417 e. The zero-order valence-electron chi connectivity index (χ0n) is 17.6. The van der Waals surface area contributed by atoms with E-state index in [1.807, 2.05) is 4.90 Å². The van der Waals surface area contributed by atoms with Crippen molar-refractivity contribution in [1.82, 2.24) is 15.5 Å². The number of ketones is 1. The number of benzene rings is 1. The molecule has 0 bridgehead atoms. The van der Waals surface area contributed by atoms with E-state index in [0.717, 1.165) is 18.4 Å². The highest BCUT2D eigenvalue weighted by Gasteiger charge is 2.37. The lowest BCUT2D eigenvalue weighted by atomic mass is 9.87. The molecule has 32 heavy (non-hydrogen) atoms. The van der Waals surface area contributed by atoms with E-state index < -0.39 is 23.4 Å². The quantitative estimate of drug-likeness (QED) is 0.648. The zero-order chi connectivity index (χ0) is 22.7. The summed E-state index contributed by atoms with van der Waals surface area (Å²) < 4.78 is 39.8. The number of rotatable bonds is 7. The predicted octanol–water partition coefficient (Wildman–Crippen LogP) is 4.12. The van der Waals surface area contributed by atoms with Crippen molar-refractivity contribution in [3.63, 3.8) is 0 Å². The van der Waals surface area contributed by atoms with Gasteiger partial charge in [-0.2, -0.15) is 13.2 Å². The molecule has 2 fully saturated rings. The van der Waals surface area contributed by atoms with Crippen molar-refractivity contribution in [2.75, 3.05) is 24.5 Å². The van der Waals surface area contributed by atoms with E-state index in [9.17, 15) is 22.8 Å². The van der Waals surface area contributed by atoms with Crippen molar-refractivity contribution in [1.29, 1.82) is 0 Å². The molecular weight excluding hydrogens is 421 g/mol. The van der Waals surface area contributed by atoms with Crippen LogP contribution >= 0.6 is 0 Å². The van der Waals surface area contributed by atoms with E-state index in [4.69, 9.17) is 0 Å². The maximum Gasteiger partial charge on any atom is 0.417 e. The molecule has 2 aliphatic rings. The molecule has 1 amide bonds. The molecule has 1 aliphatic carbocycles. The van der Waals surface area contributed by atoms with E-state index in [1.54, 1.807) is 12.1 Å². The number of nitrogens with zero attached hydrogens (tertiary/aromatic N) is 3. The monoisotopic (exact) mass is 446 g/mol. The van der Waals surface area contributed by atoms with Crippen molar-refractivity contribution in [3.05, 3.63) is 53.2 Å². The SMILES string of the molecule is O=C(NCCC1CC1)c1ccc(N2CCC(C(=O)c3ccccc3C(F)(F)F)CC2)nn1. The van der Waals surface area contributed by atoms with Gasteiger partial charge >= 0.3 is 6.18 Å². The first-order valence-electron chi connectivity index (χ1n) is 10.9. The van der Waals surface area contributed by atoms with Crippen LogP contribution in [-0.2, 0) is 6.18 Å². The van der Waals surface area contributed by atoms with Crippen LogP contribution in [0, 0.1) is 11.8 Å². The third-order valence-corrected chi connectivity index (χ3v) is 6.11. The molecule has 1 N–H and O–H groups in total. The van der Waals surface area contributed by atoms with Crippen molar-refractivity contribution in [2.45, 2.75) is 38.3 Å². The molecule has 2 heterocycles. The minimum Gasteiger partial charge on any atom is -0.355 e. The second-order valence-electron chi connectivity index (χ2n) is 8.43. The van der Waals surface area contributed by atoms with Gasteiger partial charge in [0.05, 0.1) is 5.56 Å². The number of hydrogen-bond acceptors (Lipinski definition) is 5. The van der Waals surface area contributed by atoms with Gasteiger partial charge in [-0.3, -0.25) is 9.59 Å². The van der Waals surface area contributed by atoms with Gasteiger partial charge < -0.3 is 10.2 Å². The van der Waals surface area contributed by atoms with Crippen LogP contribution in [0.25, 0.3) is 0 Å². The smallest absolute Gasteiger partial charge is 0.355 e. The Morgan fingerprint density at radius 3 is 2.34 bits per heavy atom. The molecular formula is C23H25F3N4O2. The summed E-state index contributed by atoms with van der Waals surface area (Å²) >= 11 is 0. The average molecular weight is 446 g/mol. The molecule has 9 heteroatoms. The van der Waals surface area contributed by atoms with Crippen LogP contribution in [0.5, 0.6) is 0 Å². The van der Waals surface area contributed by atoms with Gasteiger partial charge in [0.2, 0.25) is 0 Å². The second-order valence-corrected chi connectivity index (χ2v) is 8.43. The van der Waals surface area contributed by atoms with E-state index in [2.05, 4.69) is 15.5 Å². The van der Waals surface area contributed by atoms with Gasteiger partial charge in [0.15, 0.2) is 17.3 Å². The molecule has 0 radical (unpaired) electrons. The fourth-order valence-electron chi connectivity index (χ4n) is 4.04. The molecule has 1 aromatic carbocycles. The number of Topliss-reactive ketones (excluding diaryl/α,β-unsaturated/α-hetero) is 1. The van der Waals surface area contributed by atoms with Crippen LogP contribution in [0.15, 0.2) is 36.4 Å². The molecule has 4 rings (SSSR count). The van der Waals surface area contributed by atoms with Gasteiger partial charge in [-0.05, 0) is 43.4 Å². The Morgan fingerprint density at radius 2 is 1.72 bits per heavy atom. The van der Waals surface area contributed by atoms with Gasteiger partial charge in [0.1, 0.15) is 0 Å². The molecule has 170 valence electrons. The predicted molar refractivity (Wildman–Crippen MR) is 112 cm³/mol. The lowest BCUT2D eigenvalue weighted by Gasteiger charge is -2.32. The van der Waals surface area contributed by atoms with E-state index in [0.29, 0.717) is 38.3 Å². The molecule has 0 atom stereocenters. The van der Waals surface area contributed by atoms with Crippen LogP contribution < -0.4 is 10.2 Å². The number of anilines is 1. The molecule has 1 saturated carbocycles. The molecule has 1 aliphatic heterocycles. The highest BCUT2D eigenvalue weighted by atomic mass is 19.4. The minimum absolute atomic E-state index is 0.248. The maximum atomic E-state index is 13.3. The number of aromatic nitrogens is 2. The lowest BCUT2D eigenvalue weighted by Crippen LogP contribution is -2.37. The summed E-state index contributed by atoms with van der Waals surface area (Å²) in [4.78, 5) is 26.8. The number of halogens is 3. The second kappa shape index (κ2) is 9.26. The molecule has 1 saturated heterocycles. The summed E-state index contributed by atoms with van der Waals surface area (Å²) in [5, 5.41) is 11.0. The number of carbonyl (C=O) groups excluding carboxylic acids is 2. The van der Waals surface area contributed by atoms with Crippen LogP contribution in [-0.4, -0.2) is 41.5 Å². The minimum atomic E-state index is -4.56. The molecule has 6 nitrogen and oxygen atoms in total. The third kappa shape index (κ3) is 5.26. The van der Waals surface area contributed by atoms with E-state index >= 15 is 0 Å². The number of nitrogens with one attached hydrogen (secondary N) is 1. The Hall–Kier alpha value is -2.97. The van der Waals surface area contributed by atoms with Crippen molar-refractivity contribution in [2.24, 2.45) is 11.8 Å². The van der Waals surface area contributed by atoms with Gasteiger partial charge in [-0.15, -0.1) is 10.2 Å². The first-order chi connectivity index (χ1) is 15.3. The van der Waals surface area contributed by atoms with Crippen molar-refractivity contribution >= 4 is 17.5 Å². The fraction of sp³-hybridized carbons (Fsp3) is 0.478. The highest BCUT2D eigenvalue weighted by Crippen LogP contribution is 2.34. The maximum absolute atomic E-state index is 13.3. The first kappa shape index (κ1) is 22.2. The van der Waals surface area contributed by atoms with Crippen LogP contribution in [0.4, 0.5) is 19.0 Å². The Morgan fingerprint density at radius 1 is 1.00 bits per heavy atom. The Bertz CT molecular complexity index is 966. The first-order valence-corrected chi connectivity index (χ1v) is 10.9. The number of amides is 1. The van der Waals surface area contributed by atoms with Gasteiger partial charge in [0.25, 0.3) is 5.91 Å². The fourth-order valence-corrected chi connectivity index (χ4v) is 4.04. The zero-order valence-corrected chi connectivity index (χ0v) is 17.6. The average Bonchev–Trinajstić information content (AvgIpc) is 3.63. The van der Waals surface area contributed by atoms with Crippen LogP contribution in [0.1, 0.15) is 58.5 Å². The standard InChI is InChI=1S/C23H25F3N4O2/c24-23(25,26)18-4-2-1-3-17(18)21(31)16-10-13-30(14-11-16)20-8-7-19(28-29-20)22(32)27-12-9-15-5-6-15/h1-4,7-8,15-16H,5-6,9-14H2,(H,27,32). The summed E-state index contributed by atoms with van der Waals surface area (Å²) in [6.07, 6.45) is -0.248. The topological polar surface area (TPSA) is 75.2 Å². The Labute approximate surface area is 184 Å². The summed E-state index contributed by atoms with van der Waals surface area (Å²) in [6, 6.07) is 8.27. The van der Waals surface area contributed by atoms with E-state index in [1.165, 1.54) is 31.0 Å². The number of hydrogen-bond donors (Lipinski definition) is 1. The summed E-state index contributed by atoms with van der Waals surface area (Å²) in [7, 11) is 0. The highest BCUT2D eigenvalue weighted by molar-refractivity contribution is 5.99. The van der Waals surface area contributed by atoms with Crippen molar-refractivity contribution in [3.8, 4) is 0 Å². The normalized spacial score (nSPS) is 17.3. The molecule has 0 unspecified atom stereocenters. The Kier molecular flexibility index (Phi) is 6.43. The van der Waals surface area contributed by atoms with Crippen molar-refractivity contribution < 1.29 is 22.8 Å². The molecule has 0 spiro atoms. The van der Waals surface area contributed by atoms with Gasteiger partial charge in [0, 0.05) is 31.1 Å². The van der Waals surface area contributed by atoms with E-state index in [-0.39, 0.29) is 17.2 Å². The lowest BCUT2D eigenvalue weighted by molar-refractivity contribution is -0.137. The van der Waals surface area contributed by atoms with Crippen LogP contribution in [0.2, 0.25) is 0 Å². The molecule has 1 aromatic heterocycles. The molecule has 2 aromatic rings. The van der Waals surface area contributed by atoms with Gasteiger partial charge in [-0.1, -0.05) is 31.0 Å². The van der Waals surface area contributed by atoms with Gasteiger partial charge in [-0.25, -0.2) is 0 Å². The summed E-state index contributed by atoms with van der Waals surface area (Å²) in [6.45, 7) is 1.59. The number of carbonyl (C=O) groups is 2. The summed E-state index contributed by atoms with van der Waals surface area (Å²) in [5.41, 5.74) is -0.905. The summed E-state index contributed by atoms with van der Waals surface area (Å²) in [5.74, 6) is 0.125.